The molecule has 2 N–H and O–H groups in total. The zero-order valence-electron chi connectivity index (χ0n) is 12.6. The fourth-order valence-corrected chi connectivity index (χ4v) is 3.74. The Morgan fingerprint density at radius 1 is 1.11 bits per heavy atom. The molecule has 1 aliphatic carbocycles. The molecule has 2 heteroatoms. The molecule has 0 radical (unpaired) electrons. The van der Waals surface area contributed by atoms with Gasteiger partial charge in [-0.2, -0.15) is 0 Å². The van der Waals surface area contributed by atoms with Crippen LogP contribution in [0.25, 0.3) is 0 Å². The Balaban J connectivity index is 1.84. The van der Waals surface area contributed by atoms with Gasteiger partial charge in [0, 0.05) is 12.1 Å². The van der Waals surface area contributed by atoms with Crippen molar-refractivity contribution in [3.8, 4) is 0 Å². The number of fused-ring (bicyclic) bond motifs is 1. The molecule has 1 saturated heterocycles. The first-order valence-electron chi connectivity index (χ1n) is 7.98. The summed E-state index contributed by atoms with van der Waals surface area (Å²) in [5.41, 5.74) is 6.56. The van der Waals surface area contributed by atoms with Crippen LogP contribution in [0.2, 0.25) is 0 Å². The highest BCUT2D eigenvalue weighted by Gasteiger charge is 2.33. The van der Waals surface area contributed by atoms with Crippen LogP contribution in [0.4, 0.5) is 0 Å². The summed E-state index contributed by atoms with van der Waals surface area (Å²) in [6, 6.07) is 1.22. The summed E-state index contributed by atoms with van der Waals surface area (Å²) in [5.74, 6) is 0.998. The molecule has 1 heterocycles. The molecule has 1 saturated carbocycles. The SMILES string of the molecule is CC(C)(C)C(N)CCN1CCC[C@H]2CCCC[C@H]21. The molecular formula is C16H32N2. The largest absolute Gasteiger partial charge is 0.327 e. The molecular weight excluding hydrogens is 220 g/mol. The van der Waals surface area contributed by atoms with Crippen molar-refractivity contribution in [3.05, 3.63) is 0 Å². The predicted octanol–water partition coefficient (Wildman–Crippen LogP) is 3.40. The molecule has 106 valence electrons. The van der Waals surface area contributed by atoms with Crippen molar-refractivity contribution >= 4 is 0 Å². The van der Waals surface area contributed by atoms with Gasteiger partial charge in [-0.15, -0.1) is 0 Å². The average molecular weight is 252 g/mol. The van der Waals surface area contributed by atoms with E-state index in [0.717, 1.165) is 18.4 Å². The summed E-state index contributed by atoms with van der Waals surface area (Å²) in [5, 5.41) is 0. The highest BCUT2D eigenvalue weighted by Crippen LogP contribution is 2.35. The zero-order chi connectivity index (χ0) is 13.2. The summed E-state index contributed by atoms with van der Waals surface area (Å²) in [6.07, 6.45) is 9.88. The van der Waals surface area contributed by atoms with E-state index in [1.54, 1.807) is 0 Å². The minimum Gasteiger partial charge on any atom is -0.327 e. The smallest absolute Gasteiger partial charge is 0.0123 e. The molecule has 0 bridgehead atoms. The highest BCUT2D eigenvalue weighted by atomic mass is 15.2. The van der Waals surface area contributed by atoms with E-state index in [-0.39, 0.29) is 5.41 Å². The lowest BCUT2D eigenvalue weighted by molar-refractivity contribution is 0.0555. The molecule has 2 rings (SSSR count). The van der Waals surface area contributed by atoms with E-state index in [4.69, 9.17) is 5.73 Å². The Morgan fingerprint density at radius 3 is 2.50 bits per heavy atom. The van der Waals surface area contributed by atoms with Crippen LogP contribution in [-0.4, -0.2) is 30.1 Å². The van der Waals surface area contributed by atoms with E-state index in [1.165, 1.54) is 51.6 Å². The number of piperidine rings is 1. The van der Waals surface area contributed by atoms with Gasteiger partial charge in [-0.3, -0.25) is 0 Å². The fraction of sp³-hybridized carbons (Fsp3) is 1.00. The molecule has 2 fully saturated rings. The summed E-state index contributed by atoms with van der Waals surface area (Å²) < 4.78 is 0. The number of rotatable bonds is 3. The monoisotopic (exact) mass is 252 g/mol. The zero-order valence-corrected chi connectivity index (χ0v) is 12.6. The number of nitrogens with two attached hydrogens (primary N) is 1. The van der Waals surface area contributed by atoms with Crippen molar-refractivity contribution in [2.24, 2.45) is 17.1 Å². The van der Waals surface area contributed by atoms with Crippen LogP contribution in [0.5, 0.6) is 0 Å². The minimum absolute atomic E-state index is 0.252. The van der Waals surface area contributed by atoms with E-state index in [0.29, 0.717) is 6.04 Å². The van der Waals surface area contributed by atoms with Crippen molar-refractivity contribution < 1.29 is 0 Å². The molecule has 0 aromatic heterocycles. The Bertz CT molecular complexity index is 254. The van der Waals surface area contributed by atoms with Gasteiger partial charge in [-0.25, -0.2) is 0 Å². The highest BCUT2D eigenvalue weighted by molar-refractivity contribution is 4.88. The van der Waals surface area contributed by atoms with Crippen molar-refractivity contribution in [3.63, 3.8) is 0 Å². The first kappa shape index (κ1) is 14.3. The van der Waals surface area contributed by atoms with E-state index in [1.807, 2.05) is 0 Å². The normalized spacial score (nSPS) is 32.0. The van der Waals surface area contributed by atoms with E-state index >= 15 is 0 Å². The van der Waals surface area contributed by atoms with Gasteiger partial charge in [0.2, 0.25) is 0 Å². The second kappa shape index (κ2) is 5.92. The number of likely N-dealkylation sites (tertiary alicyclic amines) is 1. The van der Waals surface area contributed by atoms with Crippen molar-refractivity contribution in [1.29, 1.82) is 0 Å². The second-order valence-electron chi connectivity index (χ2n) is 7.55. The molecule has 18 heavy (non-hydrogen) atoms. The Labute approximate surface area is 113 Å². The molecule has 2 nitrogen and oxygen atoms in total. The molecule has 0 spiro atoms. The van der Waals surface area contributed by atoms with Crippen LogP contribution < -0.4 is 5.73 Å². The second-order valence-corrected chi connectivity index (χ2v) is 7.55. The van der Waals surface area contributed by atoms with Crippen molar-refractivity contribution in [2.75, 3.05) is 13.1 Å². The van der Waals surface area contributed by atoms with Gasteiger partial charge < -0.3 is 10.6 Å². The third-order valence-electron chi connectivity index (χ3n) is 5.20. The van der Waals surface area contributed by atoms with Gasteiger partial charge in [0.05, 0.1) is 0 Å². The van der Waals surface area contributed by atoms with Gasteiger partial charge in [0.15, 0.2) is 0 Å². The third-order valence-corrected chi connectivity index (χ3v) is 5.20. The summed E-state index contributed by atoms with van der Waals surface area (Å²) in [7, 11) is 0. The summed E-state index contributed by atoms with van der Waals surface area (Å²) in [6.45, 7) is 9.32. The first-order chi connectivity index (χ1) is 8.48. The topological polar surface area (TPSA) is 29.3 Å². The maximum absolute atomic E-state index is 6.31. The van der Waals surface area contributed by atoms with E-state index in [2.05, 4.69) is 25.7 Å². The van der Waals surface area contributed by atoms with Crippen molar-refractivity contribution in [1.82, 2.24) is 4.90 Å². The molecule has 1 aliphatic heterocycles. The lowest BCUT2D eigenvalue weighted by atomic mass is 9.78. The van der Waals surface area contributed by atoms with Gasteiger partial charge in [0.25, 0.3) is 0 Å². The first-order valence-corrected chi connectivity index (χ1v) is 7.98. The lowest BCUT2D eigenvalue weighted by Gasteiger charge is -2.45. The quantitative estimate of drug-likeness (QED) is 0.834. The van der Waals surface area contributed by atoms with Gasteiger partial charge >= 0.3 is 0 Å². The van der Waals surface area contributed by atoms with Crippen LogP contribution in [0.3, 0.4) is 0 Å². The fourth-order valence-electron chi connectivity index (χ4n) is 3.74. The summed E-state index contributed by atoms with van der Waals surface area (Å²) in [4.78, 5) is 2.76. The lowest BCUT2D eigenvalue weighted by Crippen LogP contribution is -2.48. The van der Waals surface area contributed by atoms with Gasteiger partial charge in [0.1, 0.15) is 0 Å². The van der Waals surface area contributed by atoms with Crippen LogP contribution in [-0.2, 0) is 0 Å². The van der Waals surface area contributed by atoms with Gasteiger partial charge in [-0.1, -0.05) is 33.6 Å². The van der Waals surface area contributed by atoms with Crippen LogP contribution in [0.1, 0.15) is 65.7 Å². The maximum Gasteiger partial charge on any atom is 0.0123 e. The maximum atomic E-state index is 6.31. The Kier molecular flexibility index (Phi) is 4.71. The number of hydrogen-bond acceptors (Lipinski definition) is 2. The summed E-state index contributed by atoms with van der Waals surface area (Å²) >= 11 is 0. The van der Waals surface area contributed by atoms with E-state index < -0.39 is 0 Å². The van der Waals surface area contributed by atoms with Gasteiger partial charge in [-0.05, 0) is 56.5 Å². The Morgan fingerprint density at radius 2 is 1.78 bits per heavy atom. The van der Waals surface area contributed by atoms with Crippen LogP contribution in [0.15, 0.2) is 0 Å². The van der Waals surface area contributed by atoms with Crippen molar-refractivity contribution in [2.45, 2.75) is 77.8 Å². The molecule has 0 amide bonds. The predicted molar refractivity (Wildman–Crippen MR) is 78.6 cm³/mol. The number of hydrogen-bond donors (Lipinski definition) is 1. The molecule has 2 aliphatic rings. The van der Waals surface area contributed by atoms with E-state index in [9.17, 15) is 0 Å². The molecule has 3 atom stereocenters. The standard InChI is InChI=1S/C16H32N2/c1-16(2,3)15(17)10-12-18-11-6-8-13-7-4-5-9-14(13)18/h13-15H,4-12,17H2,1-3H3/t13-,14-,15?/m1/s1. The Hall–Kier alpha value is -0.0800. The number of nitrogens with zero attached hydrogens (tertiary/aromatic N) is 1. The molecule has 1 unspecified atom stereocenters. The van der Waals surface area contributed by atoms with Crippen LogP contribution >= 0.6 is 0 Å². The van der Waals surface area contributed by atoms with Crippen LogP contribution in [0, 0.1) is 11.3 Å². The average Bonchev–Trinajstić information content (AvgIpc) is 2.34. The molecule has 0 aromatic rings. The minimum atomic E-state index is 0.252. The molecule has 0 aromatic carbocycles. The third kappa shape index (κ3) is 3.48.